The first kappa shape index (κ1) is 16.0. The first-order valence-electron chi connectivity index (χ1n) is 7.96. The van der Waals surface area contributed by atoms with E-state index < -0.39 is 0 Å². The largest absolute Gasteiger partial charge is 0.355 e. The molecule has 1 N–H and O–H groups in total. The fourth-order valence-corrected chi connectivity index (χ4v) is 3.00. The zero-order valence-electron chi connectivity index (χ0n) is 13.4. The van der Waals surface area contributed by atoms with E-state index in [0.29, 0.717) is 24.0 Å². The first-order chi connectivity index (χ1) is 11.0. The quantitative estimate of drug-likeness (QED) is 0.884. The Morgan fingerprint density at radius 3 is 2.65 bits per heavy atom. The van der Waals surface area contributed by atoms with Gasteiger partial charge in [-0.05, 0) is 44.4 Å². The van der Waals surface area contributed by atoms with Gasteiger partial charge < -0.3 is 9.88 Å². The molecule has 1 aliphatic rings. The van der Waals surface area contributed by atoms with Crippen molar-refractivity contribution in [3.63, 3.8) is 0 Å². The number of carbonyl (C=O) groups is 1. The zero-order chi connectivity index (χ0) is 16.4. The third kappa shape index (κ3) is 3.24. The molecule has 0 unspecified atom stereocenters. The van der Waals surface area contributed by atoms with Crippen LogP contribution in [0.15, 0.2) is 30.6 Å². The van der Waals surface area contributed by atoms with Crippen LogP contribution in [-0.4, -0.2) is 27.2 Å². The van der Waals surface area contributed by atoms with Gasteiger partial charge in [0, 0.05) is 24.0 Å². The minimum atomic E-state index is -0.365. The molecule has 1 heterocycles. The molecule has 0 spiro atoms. The lowest BCUT2D eigenvalue weighted by Gasteiger charge is -2.16. The van der Waals surface area contributed by atoms with Crippen LogP contribution in [0.4, 0.5) is 0 Å². The predicted molar refractivity (Wildman–Crippen MR) is 89.5 cm³/mol. The van der Waals surface area contributed by atoms with Crippen molar-refractivity contribution in [2.45, 2.75) is 44.6 Å². The van der Waals surface area contributed by atoms with E-state index >= 15 is 0 Å². The van der Waals surface area contributed by atoms with Gasteiger partial charge in [-0.15, -0.1) is 10.2 Å². The fraction of sp³-hybridized carbons (Fsp3) is 0.471. The Bertz CT molecular complexity index is 689. The Hall–Kier alpha value is -1.88. The van der Waals surface area contributed by atoms with Crippen LogP contribution in [0.5, 0.6) is 0 Å². The van der Waals surface area contributed by atoms with Crippen molar-refractivity contribution in [3.05, 3.63) is 47.0 Å². The lowest BCUT2D eigenvalue weighted by Crippen LogP contribution is -2.36. The van der Waals surface area contributed by atoms with Crippen LogP contribution in [0.2, 0.25) is 5.02 Å². The molecule has 0 bridgehead atoms. The average molecular weight is 333 g/mol. The van der Waals surface area contributed by atoms with Gasteiger partial charge in [0.05, 0.1) is 5.41 Å². The molecule has 1 aliphatic carbocycles. The van der Waals surface area contributed by atoms with E-state index in [-0.39, 0.29) is 11.3 Å². The van der Waals surface area contributed by atoms with E-state index in [1.165, 1.54) is 0 Å². The molecule has 3 rings (SSSR count). The van der Waals surface area contributed by atoms with E-state index in [1.54, 1.807) is 6.33 Å². The smallest absolute Gasteiger partial charge is 0.230 e. The van der Waals surface area contributed by atoms with Gasteiger partial charge in [0.15, 0.2) is 0 Å². The molecule has 23 heavy (non-hydrogen) atoms. The third-order valence-electron chi connectivity index (χ3n) is 4.42. The molecule has 122 valence electrons. The van der Waals surface area contributed by atoms with Crippen LogP contribution in [-0.2, 0) is 16.6 Å². The molecule has 1 aromatic carbocycles. The first-order valence-corrected chi connectivity index (χ1v) is 8.33. The minimum Gasteiger partial charge on any atom is -0.355 e. The van der Waals surface area contributed by atoms with Gasteiger partial charge in [0.2, 0.25) is 5.91 Å². The predicted octanol–water partition coefficient (Wildman–Crippen LogP) is 2.90. The lowest BCUT2D eigenvalue weighted by molar-refractivity contribution is -0.123. The lowest BCUT2D eigenvalue weighted by atomic mass is 9.95. The van der Waals surface area contributed by atoms with Gasteiger partial charge in [-0.1, -0.05) is 23.7 Å². The second-order valence-electron chi connectivity index (χ2n) is 6.34. The van der Waals surface area contributed by atoms with E-state index in [1.807, 2.05) is 28.8 Å². The SMILES string of the molecule is CC(C)n1cnnc1CCNC(=O)C1(c2ccc(Cl)cc2)CC1. The molecule has 1 aromatic heterocycles. The van der Waals surface area contributed by atoms with Crippen molar-refractivity contribution in [1.82, 2.24) is 20.1 Å². The van der Waals surface area contributed by atoms with E-state index in [9.17, 15) is 4.79 Å². The summed E-state index contributed by atoms with van der Waals surface area (Å²) in [6.45, 7) is 4.75. The Morgan fingerprint density at radius 2 is 2.04 bits per heavy atom. The molecular weight excluding hydrogens is 312 g/mol. The van der Waals surface area contributed by atoms with Crippen molar-refractivity contribution in [3.8, 4) is 0 Å². The van der Waals surface area contributed by atoms with Crippen LogP contribution < -0.4 is 5.32 Å². The minimum absolute atomic E-state index is 0.0930. The molecule has 2 aromatic rings. The Morgan fingerprint density at radius 1 is 1.35 bits per heavy atom. The van der Waals surface area contributed by atoms with Crippen molar-refractivity contribution in [2.24, 2.45) is 0 Å². The summed E-state index contributed by atoms with van der Waals surface area (Å²) in [5, 5.41) is 11.8. The van der Waals surface area contributed by atoms with Gasteiger partial charge in [-0.3, -0.25) is 4.79 Å². The molecular formula is C17H21ClN4O. The number of hydrogen-bond donors (Lipinski definition) is 1. The number of aromatic nitrogens is 3. The average Bonchev–Trinajstić information content (AvgIpc) is 3.20. The molecule has 0 saturated heterocycles. The number of nitrogens with one attached hydrogen (secondary N) is 1. The molecule has 5 nitrogen and oxygen atoms in total. The Kier molecular flexibility index (Phi) is 4.39. The highest BCUT2D eigenvalue weighted by molar-refractivity contribution is 6.30. The number of halogens is 1. The third-order valence-corrected chi connectivity index (χ3v) is 4.67. The van der Waals surface area contributed by atoms with Gasteiger partial charge >= 0.3 is 0 Å². The summed E-state index contributed by atoms with van der Waals surface area (Å²) >= 11 is 5.93. The monoisotopic (exact) mass is 332 g/mol. The van der Waals surface area contributed by atoms with E-state index in [4.69, 9.17) is 11.6 Å². The summed E-state index contributed by atoms with van der Waals surface area (Å²) in [6, 6.07) is 7.90. The van der Waals surface area contributed by atoms with E-state index in [0.717, 1.165) is 24.2 Å². The second kappa shape index (κ2) is 6.32. The number of benzene rings is 1. The van der Waals surface area contributed by atoms with Gasteiger partial charge in [0.25, 0.3) is 0 Å². The molecule has 6 heteroatoms. The number of carbonyl (C=O) groups excluding carboxylic acids is 1. The van der Waals surface area contributed by atoms with Crippen molar-refractivity contribution in [2.75, 3.05) is 6.54 Å². The number of nitrogens with zero attached hydrogens (tertiary/aromatic N) is 3. The molecule has 1 amide bonds. The summed E-state index contributed by atoms with van der Waals surface area (Å²) in [5.41, 5.74) is 0.681. The van der Waals surface area contributed by atoms with Crippen molar-refractivity contribution in [1.29, 1.82) is 0 Å². The standard InChI is InChI=1S/C17H21ClN4O/c1-12(2)22-11-20-21-15(22)7-10-19-16(23)17(8-9-17)13-3-5-14(18)6-4-13/h3-6,11-12H,7-10H2,1-2H3,(H,19,23). The zero-order valence-corrected chi connectivity index (χ0v) is 14.2. The van der Waals surface area contributed by atoms with Crippen LogP contribution in [0.25, 0.3) is 0 Å². The highest BCUT2D eigenvalue weighted by Crippen LogP contribution is 2.48. The molecule has 1 fully saturated rings. The summed E-state index contributed by atoms with van der Waals surface area (Å²) < 4.78 is 2.03. The van der Waals surface area contributed by atoms with Gasteiger partial charge in [-0.25, -0.2) is 0 Å². The summed E-state index contributed by atoms with van der Waals surface area (Å²) in [6.07, 6.45) is 4.20. The normalized spacial score (nSPS) is 15.7. The van der Waals surface area contributed by atoms with Crippen LogP contribution >= 0.6 is 11.6 Å². The Labute approximate surface area is 141 Å². The molecule has 0 aliphatic heterocycles. The van der Waals surface area contributed by atoms with E-state index in [2.05, 4.69) is 29.4 Å². The summed E-state index contributed by atoms with van der Waals surface area (Å²) in [7, 11) is 0. The van der Waals surface area contributed by atoms with Crippen LogP contribution in [0.1, 0.15) is 44.1 Å². The molecule has 0 atom stereocenters. The van der Waals surface area contributed by atoms with Crippen LogP contribution in [0, 0.1) is 0 Å². The molecule has 0 radical (unpaired) electrons. The molecule has 1 saturated carbocycles. The maximum absolute atomic E-state index is 12.6. The summed E-state index contributed by atoms with van der Waals surface area (Å²) in [5.74, 6) is 0.993. The topological polar surface area (TPSA) is 59.8 Å². The number of amides is 1. The number of rotatable bonds is 6. The van der Waals surface area contributed by atoms with Gasteiger partial charge in [0.1, 0.15) is 12.2 Å². The maximum atomic E-state index is 12.6. The van der Waals surface area contributed by atoms with Gasteiger partial charge in [-0.2, -0.15) is 0 Å². The van der Waals surface area contributed by atoms with Crippen molar-refractivity contribution >= 4 is 17.5 Å². The maximum Gasteiger partial charge on any atom is 0.230 e. The van der Waals surface area contributed by atoms with Crippen LogP contribution in [0.3, 0.4) is 0 Å². The Balaban J connectivity index is 1.59. The summed E-state index contributed by atoms with van der Waals surface area (Å²) in [4.78, 5) is 12.6. The van der Waals surface area contributed by atoms with Crippen molar-refractivity contribution < 1.29 is 4.79 Å². The fourth-order valence-electron chi connectivity index (χ4n) is 2.87. The second-order valence-corrected chi connectivity index (χ2v) is 6.78. The number of hydrogen-bond acceptors (Lipinski definition) is 3. The highest BCUT2D eigenvalue weighted by Gasteiger charge is 2.50. The highest BCUT2D eigenvalue weighted by atomic mass is 35.5.